The summed E-state index contributed by atoms with van der Waals surface area (Å²) in [5.41, 5.74) is 2.40. The number of ether oxygens (including phenoxy) is 1. The predicted molar refractivity (Wildman–Crippen MR) is 95.3 cm³/mol. The number of amides is 1. The van der Waals surface area contributed by atoms with E-state index in [4.69, 9.17) is 4.74 Å². The highest BCUT2D eigenvalue weighted by molar-refractivity contribution is 5.94. The van der Waals surface area contributed by atoms with Crippen LogP contribution in [0.4, 0.5) is 0 Å². The molecule has 1 aromatic heterocycles. The minimum absolute atomic E-state index is 0.135. The molecule has 0 saturated carbocycles. The van der Waals surface area contributed by atoms with Crippen LogP contribution in [0.3, 0.4) is 0 Å². The summed E-state index contributed by atoms with van der Waals surface area (Å²) in [5.74, 6) is 2.03. The molecule has 0 spiro atoms. The van der Waals surface area contributed by atoms with Gasteiger partial charge in [-0.25, -0.2) is 4.98 Å². The second-order valence-electron chi connectivity index (χ2n) is 5.55. The summed E-state index contributed by atoms with van der Waals surface area (Å²) >= 11 is 0. The molecule has 6 nitrogen and oxygen atoms in total. The molecule has 25 heavy (non-hydrogen) atoms. The van der Waals surface area contributed by atoms with Gasteiger partial charge in [-0.1, -0.05) is 30.3 Å². The molecule has 1 amide bonds. The summed E-state index contributed by atoms with van der Waals surface area (Å²) < 4.78 is 5.57. The fourth-order valence-corrected chi connectivity index (χ4v) is 2.47. The van der Waals surface area contributed by atoms with Gasteiger partial charge in [-0.2, -0.15) is 5.10 Å². The van der Waals surface area contributed by atoms with Crippen LogP contribution in [0.2, 0.25) is 0 Å². The molecule has 1 heterocycles. The van der Waals surface area contributed by atoms with Crippen molar-refractivity contribution in [1.82, 2.24) is 20.5 Å². The lowest BCUT2D eigenvalue weighted by Gasteiger charge is -2.11. The van der Waals surface area contributed by atoms with Gasteiger partial charge in [0, 0.05) is 23.2 Å². The highest BCUT2D eigenvalue weighted by atomic mass is 16.5. The summed E-state index contributed by atoms with van der Waals surface area (Å²) in [6.07, 6.45) is 0. The number of aryl methyl sites for hydroxylation is 1. The largest absolute Gasteiger partial charge is 0.494 e. The van der Waals surface area contributed by atoms with E-state index in [1.54, 1.807) is 12.1 Å². The standard InChI is InChI=1S/C19H20N4O2/c1-3-25-17-7-5-4-6-16(17)12-20-19(24)15-10-8-14(9-11-15)18-21-13(2)22-23-18/h4-11H,3,12H2,1-2H3,(H,20,24)(H,21,22,23). The van der Waals surface area contributed by atoms with E-state index >= 15 is 0 Å². The van der Waals surface area contributed by atoms with Crippen molar-refractivity contribution in [3.8, 4) is 17.1 Å². The Morgan fingerprint density at radius 2 is 1.92 bits per heavy atom. The van der Waals surface area contributed by atoms with Crippen LogP contribution in [0.25, 0.3) is 11.4 Å². The number of rotatable bonds is 6. The van der Waals surface area contributed by atoms with Gasteiger partial charge >= 0.3 is 0 Å². The Labute approximate surface area is 146 Å². The summed E-state index contributed by atoms with van der Waals surface area (Å²) in [4.78, 5) is 16.6. The lowest BCUT2D eigenvalue weighted by molar-refractivity contribution is 0.0950. The van der Waals surface area contributed by atoms with Gasteiger partial charge in [-0.05, 0) is 32.0 Å². The molecule has 0 aliphatic carbocycles. The van der Waals surface area contributed by atoms with Crippen molar-refractivity contribution in [1.29, 1.82) is 0 Å². The Kier molecular flexibility index (Phi) is 5.09. The van der Waals surface area contributed by atoms with Crippen LogP contribution in [0.1, 0.15) is 28.7 Å². The quantitative estimate of drug-likeness (QED) is 0.725. The Morgan fingerprint density at radius 1 is 1.16 bits per heavy atom. The zero-order valence-corrected chi connectivity index (χ0v) is 14.2. The monoisotopic (exact) mass is 336 g/mol. The van der Waals surface area contributed by atoms with Crippen molar-refractivity contribution in [3.63, 3.8) is 0 Å². The fourth-order valence-electron chi connectivity index (χ4n) is 2.47. The number of hydrogen-bond acceptors (Lipinski definition) is 4. The van der Waals surface area contributed by atoms with Crippen molar-refractivity contribution < 1.29 is 9.53 Å². The number of carbonyl (C=O) groups excluding carboxylic acids is 1. The van der Waals surface area contributed by atoms with E-state index in [-0.39, 0.29) is 5.91 Å². The number of benzene rings is 2. The lowest BCUT2D eigenvalue weighted by Crippen LogP contribution is -2.23. The normalized spacial score (nSPS) is 10.5. The number of aromatic amines is 1. The molecule has 0 atom stereocenters. The Balaban J connectivity index is 1.66. The lowest BCUT2D eigenvalue weighted by atomic mass is 10.1. The van der Waals surface area contributed by atoms with Crippen LogP contribution in [0.5, 0.6) is 5.75 Å². The third-order valence-electron chi connectivity index (χ3n) is 3.71. The van der Waals surface area contributed by atoms with Crippen LogP contribution in [-0.2, 0) is 6.54 Å². The number of nitrogens with one attached hydrogen (secondary N) is 2. The fraction of sp³-hybridized carbons (Fsp3) is 0.211. The number of hydrogen-bond donors (Lipinski definition) is 2. The molecule has 0 saturated heterocycles. The molecule has 0 bridgehead atoms. The van der Waals surface area contributed by atoms with E-state index in [1.807, 2.05) is 50.2 Å². The third kappa shape index (κ3) is 4.03. The van der Waals surface area contributed by atoms with Gasteiger partial charge in [-0.3, -0.25) is 9.89 Å². The second kappa shape index (κ2) is 7.61. The number of para-hydroxylation sites is 1. The summed E-state index contributed by atoms with van der Waals surface area (Å²) in [6, 6.07) is 14.9. The average Bonchev–Trinajstić information content (AvgIpc) is 3.07. The predicted octanol–water partition coefficient (Wildman–Crippen LogP) is 3.11. The minimum atomic E-state index is -0.135. The molecule has 3 rings (SSSR count). The zero-order chi connectivity index (χ0) is 17.6. The zero-order valence-electron chi connectivity index (χ0n) is 14.2. The highest BCUT2D eigenvalue weighted by Crippen LogP contribution is 2.18. The minimum Gasteiger partial charge on any atom is -0.494 e. The van der Waals surface area contributed by atoms with E-state index in [1.165, 1.54) is 0 Å². The van der Waals surface area contributed by atoms with Crippen molar-refractivity contribution >= 4 is 5.91 Å². The van der Waals surface area contributed by atoms with E-state index in [9.17, 15) is 4.79 Å². The molecular weight excluding hydrogens is 316 g/mol. The first kappa shape index (κ1) is 16.7. The first-order valence-electron chi connectivity index (χ1n) is 8.15. The highest BCUT2D eigenvalue weighted by Gasteiger charge is 2.09. The SMILES string of the molecule is CCOc1ccccc1CNC(=O)c1ccc(-c2n[nH]c(C)n2)cc1. The van der Waals surface area contributed by atoms with Gasteiger partial charge in [0.1, 0.15) is 11.6 Å². The molecule has 3 aromatic rings. The van der Waals surface area contributed by atoms with Crippen molar-refractivity contribution in [3.05, 3.63) is 65.5 Å². The van der Waals surface area contributed by atoms with Crippen LogP contribution < -0.4 is 10.1 Å². The maximum absolute atomic E-state index is 12.3. The van der Waals surface area contributed by atoms with Crippen molar-refractivity contribution in [2.24, 2.45) is 0 Å². The summed E-state index contributed by atoms with van der Waals surface area (Å²) in [6.45, 7) is 4.79. The Hall–Kier alpha value is -3.15. The van der Waals surface area contributed by atoms with Gasteiger partial charge < -0.3 is 10.1 Å². The third-order valence-corrected chi connectivity index (χ3v) is 3.71. The van der Waals surface area contributed by atoms with Crippen LogP contribution in [0.15, 0.2) is 48.5 Å². The Bertz CT molecular complexity index is 856. The smallest absolute Gasteiger partial charge is 0.251 e. The molecule has 128 valence electrons. The van der Waals surface area contributed by atoms with Gasteiger partial charge in [0.15, 0.2) is 5.82 Å². The number of H-pyrrole nitrogens is 1. The summed E-state index contributed by atoms with van der Waals surface area (Å²) in [7, 11) is 0. The molecule has 2 N–H and O–H groups in total. The first-order chi connectivity index (χ1) is 12.2. The van der Waals surface area contributed by atoms with Crippen molar-refractivity contribution in [2.45, 2.75) is 20.4 Å². The summed E-state index contributed by atoms with van der Waals surface area (Å²) in [5, 5.41) is 9.84. The van der Waals surface area contributed by atoms with E-state index in [2.05, 4.69) is 20.5 Å². The van der Waals surface area contributed by atoms with Crippen molar-refractivity contribution in [2.75, 3.05) is 6.61 Å². The van der Waals surface area contributed by atoms with E-state index < -0.39 is 0 Å². The number of nitrogens with zero attached hydrogens (tertiary/aromatic N) is 2. The van der Waals surface area contributed by atoms with E-state index in [0.717, 1.165) is 22.7 Å². The molecule has 0 unspecified atom stereocenters. The second-order valence-corrected chi connectivity index (χ2v) is 5.55. The van der Waals surface area contributed by atoms with Gasteiger partial charge in [0.05, 0.1) is 6.61 Å². The van der Waals surface area contributed by atoms with Gasteiger partial charge in [0.2, 0.25) is 0 Å². The van der Waals surface area contributed by atoms with Gasteiger partial charge in [-0.15, -0.1) is 0 Å². The molecule has 2 aromatic carbocycles. The molecule has 0 radical (unpaired) electrons. The average molecular weight is 336 g/mol. The molecule has 0 aliphatic heterocycles. The maximum Gasteiger partial charge on any atom is 0.251 e. The number of carbonyl (C=O) groups is 1. The van der Waals surface area contributed by atoms with E-state index in [0.29, 0.717) is 24.5 Å². The molecule has 0 fully saturated rings. The maximum atomic E-state index is 12.3. The van der Waals surface area contributed by atoms with Crippen LogP contribution >= 0.6 is 0 Å². The first-order valence-corrected chi connectivity index (χ1v) is 8.15. The molecular formula is C19H20N4O2. The van der Waals surface area contributed by atoms with Gasteiger partial charge in [0.25, 0.3) is 5.91 Å². The Morgan fingerprint density at radius 3 is 2.60 bits per heavy atom. The topological polar surface area (TPSA) is 79.9 Å². The number of aromatic nitrogens is 3. The molecule has 6 heteroatoms. The van der Waals surface area contributed by atoms with Crippen LogP contribution in [0, 0.1) is 6.92 Å². The molecule has 0 aliphatic rings. The van der Waals surface area contributed by atoms with Crippen LogP contribution in [-0.4, -0.2) is 27.7 Å².